The topological polar surface area (TPSA) is 142 Å². The lowest BCUT2D eigenvalue weighted by molar-refractivity contribution is -0.124. The van der Waals surface area contributed by atoms with E-state index in [0.717, 1.165) is 31.3 Å². The fourth-order valence-corrected chi connectivity index (χ4v) is 5.06. The van der Waals surface area contributed by atoms with Gasteiger partial charge in [0.2, 0.25) is 20.9 Å². The summed E-state index contributed by atoms with van der Waals surface area (Å²) < 4.78 is 23.1. The minimum atomic E-state index is -3.45. The largest absolute Gasteiger partial charge is 0.465 e. The molecule has 3 N–H and O–H groups in total. The molecule has 1 saturated heterocycles. The molecule has 0 spiro atoms. The quantitative estimate of drug-likeness (QED) is 0.547. The number of carbonyl (C=O) groups is 2. The second-order valence-electron chi connectivity index (χ2n) is 9.78. The predicted octanol–water partition coefficient (Wildman–Crippen LogP) is 1.28. The molecule has 4 atom stereocenters. The number of hydrogen-bond acceptors (Lipinski definition) is 7. The summed E-state index contributed by atoms with van der Waals surface area (Å²) in [7, 11) is -3.45. The molecule has 1 aliphatic carbocycles. The number of hydrogen-bond donors (Lipinski definition) is 3. The molecule has 11 heteroatoms. The van der Waals surface area contributed by atoms with E-state index < -0.39 is 22.0 Å². The Morgan fingerprint density at radius 2 is 1.87 bits per heavy atom. The van der Waals surface area contributed by atoms with Crippen LogP contribution >= 0.6 is 0 Å². The SMILES string of the molecule is CC(C)(C)C[C@H](NC(=O)O)C(=O)N[C@H]1CC[C@@H]2CN(c3cnc(S(C)(=O)=O)nc3)C[C@@H]21. The molecule has 3 rings (SSSR count). The number of rotatable bonds is 6. The second-order valence-corrected chi connectivity index (χ2v) is 11.7. The van der Waals surface area contributed by atoms with Crippen molar-refractivity contribution in [2.75, 3.05) is 24.2 Å². The third-order valence-electron chi connectivity index (χ3n) is 5.93. The average molecular weight is 454 g/mol. The zero-order valence-electron chi connectivity index (χ0n) is 18.3. The third-order valence-corrected chi connectivity index (χ3v) is 6.80. The number of fused-ring (bicyclic) bond motifs is 1. The van der Waals surface area contributed by atoms with Crippen molar-refractivity contribution in [1.29, 1.82) is 0 Å². The van der Waals surface area contributed by atoms with Crippen LogP contribution in [-0.2, 0) is 14.6 Å². The highest BCUT2D eigenvalue weighted by molar-refractivity contribution is 7.90. The molecule has 0 radical (unpaired) electrons. The molecular formula is C20H31N5O5S. The highest BCUT2D eigenvalue weighted by Gasteiger charge is 2.44. The molecule has 1 aromatic heterocycles. The van der Waals surface area contributed by atoms with E-state index in [1.54, 1.807) is 0 Å². The van der Waals surface area contributed by atoms with Crippen LogP contribution in [0.15, 0.2) is 17.6 Å². The lowest BCUT2D eigenvalue weighted by Gasteiger charge is -2.28. The molecule has 1 aromatic rings. The van der Waals surface area contributed by atoms with Gasteiger partial charge in [0.25, 0.3) is 0 Å². The average Bonchev–Trinajstić information content (AvgIpc) is 3.21. The predicted molar refractivity (Wildman–Crippen MR) is 115 cm³/mol. The Bertz CT molecular complexity index is 928. The summed E-state index contributed by atoms with van der Waals surface area (Å²) in [6, 6.07) is -0.831. The van der Waals surface area contributed by atoms with Crippen molar-refractivity contribution in [3.63, 3.8) is 0 Å². The highest BCUT2D eigenvalue weighted by atomic mass is 32.2. The fraction of sp³-hybridized carbons (Fsp3) is 0.700. The van der Waals surface area contributed by atoms with Crippen LogP contribution in [0.5, 0.6) is 0 Å². The van der Waals surface area contributed by atoms with Crippen LogP contribution in [0.2, 0.25) is 0 Å². The Morgan fingerprint density at radius 1 is 1.23 bits per heavy atom. The summed E-state index contributed by atoms with van der Waals surface area (Å²) in [5.41, 5.74) is 0.551. The Labute approximate surface area is 182 Å². The Morgan fingerprint density at radius 3 is 2.42 bits per heavy atom. The van der Waals surface area contributed by atoms with Crippen molar-refractivity contribution >= 4 is 27.5 Å². The first-order chi connectivity index (χ1) is 14.3. The van der Waals surface area contributed by atoms with E-state index in [-0.39, 0.29) is 28.4 Å². The molecule has 0 aromatic carbocycles. The maximum absolute atomic E-state index is 12.9. The van der Waals surface area contributed by atoms with Crippen LogP contribution < -0.4 is 15.5 Å². The number of anilines is 1. The fourth-order valence-electron chi connectivity index (χ4n) is 4.57. The maximum atomic E-state index is 12.9. The standard InChI is InChI=1S/C20H31N5O5S/c1-20(2,3)7-16(24-19(27)28)17(26)23-15-6-5-12-10-25(11-14(12)15)13-8-21-18(22-9-13)31(4,29)30/h8-9,12,14-16,24H,5-7,10-11H2,1-4H3,(H,23,26)(H,27,28)/t12-,14+,15+,16+/m1/s1. The molecule has 2 aliphatic rings. The first kappa shape index (κ1) is 23.2. The summed E-state index contributed by atoms with van der Waals surface area (Å²) in [6.07, 6.45) is 5.13. The maximum Gasteiger partial charge on any atom is 0.405 e. The molecule has 2 heterocycles. The molecule has 0 bridgehead atoms. The van der Waals surface area contributed by atoms with E-state index in [9.17, 15) is 18.0 Å². The van der Waals surface area contributed by atoms with Crippen LogP contribution in [0.25, 0.3) is 0 Å². The monoisotopic (exact) mass is 453 g/mol. The number of aromatic nitrogens is 2. The van der Waals surface area contributed by atoms with Gasteiger partial charge in [-0.2, -0.15) is 0 Å². The zero-order valence-corrected chi connectivity index (χ0v) is 19.1. The van der Waals surface area contributed by atoms with E-state index in [0.29, 0.717) is 18.9 Å². The van der Waals surface area contributed by atoms with Gasteiger partial charge in [0, 0.05) is 31.3 Å². The van der Waals surface area contributed by atoms with Gasteiger partial charge in [0.1, 0.15) is 6.04 Å². The number of nitrogens with zero attached hydrogens (tertiary/aromatic N) is 3. The van der Waals surface area contributed by atoms with Crippen molar-refractivity contribution in [3.8, 4) is 0 Å². The van der Waals surface area contributed by atoms with Crippen LogP contribution in [0, 0.1) is 17.3 Å². The summed E-state index contributed by atoms with van der Waals surface area (Å²) in [5.74, 6) is 0.342. The first-order valence-electron chi connectivity index (χ1n) is 10.4. The number of amides is 2. The molecule has 1 saturated carbocycles. The van der Waals surface area contributed by atoms with Crippen molar-refractivity contribution in [2.24, 2.45) is 17.3 Å². The van der Waals surface area contributed by atoms with E-state index in [4.69, 9.17) is 5.11 Å². The third kappa shape index (κ3) is 5.84. The van der Waals surface area contributed by atoms with Crippen LogP contribution in [-0.4, -0.2) is 66.9 Å². The number of nitrogens with one attached hydrogen (secondary N) is 2. The summed E-state index contributed by atoms with van der Waals surface area (Å²) in [5, 5.41) is 14.4. The smallest absolute Gasteiger partial charge is 0.405 e. The van der Waals surface area contributed by atoms with E-state index in [1.165, 1.54) is 12.4 Å². The lowest BCUT2D eigenvalue weighted by atomic mass is 9.87. The Hall–Kier alpha value is -2.43. The van der Waals surface area contributed by atoms with Crippen LogP contribution in [0.1, 0.15) is 40.0 Å². The van der Waals surface area contributed by atoms with Gasteiger partial charge in [-0.3, -0.25) is 4.79 Å². The molecule has 0 unspecified atom stereocenters. The number of carboxylic acid groups (broad SMARTS) is 1. The summed E-state index contributed by atoms with van der Waals surface area (Å²) >= 11 is 0. The van der Waals surface area contributed by atoms with Crippen molar-refractivity contribution in [2.45, 2.75) is 57.3 Å². The molecule has 10 nitrogen and oxygen atoms in total. The molecule has 2 fully saturated rings. The minimum Gasteiger partial charge on any atom is -0.465 e. The van der Waals surface area contributed by atoms with E-state index in [2.05, 4.69) is 25.5 Å². The minimum absolute atomic E-state index is 0.0308. The molecule has 31 heavy (non-hydrogen) atoms. The highest BCUT2D eigenvalue weighted by Crippen LogP contribution is 2.40. The van der Waals surface area contributed by atoms with Crippen molar-refractivity contribution in [3.05, 3.63) is 12.4 Å². The molecular weight excluding hydrogens is 422 g/mol. The van der Waals surface area contributed by atoms with Crippen molar-refractivity contribution < 1.29 is 23.1 Å². The summed E-state index contributed by atoms with van der Waals surface area (Å²) in [4.78, 5) is 34.1. The van der Waals surface area contributed by atoms with Gasteiger partial charge in [-0.1, -0.05) is 20.8 Å². The number of carbonyl (C=O) groups excluding carboxylic acids is 1. The normalized spacial score (nSPS) is 24.5. The van der Waals surface area contributed by atoms with Gasteiger partial charge in [-0.15, -0.1) is 0 Å². The van der Waals surface area contributed by atoms with E-state index in [1.807, 2.05) is 20.8 Å². The lowest BCUT2D eigenvalue weighted by Crippen LogP contribution is -2.51. The Balaban J connectivity index is 1.65. The van der Waals surface area contributed by atoms with Gasteiger partial charge in [-0.05, 0) is 30.6 Å². The molecule has 1 aliphatic heterocycles. The molecule has 172 valence electrons. The van der Waals surface area contributed by atoms with Gasteiger partial charge in [0.05, 0.1) is 18.1 Å². The van der Waals surface area contributed by atoms with Gasteiger partial charge in [-0.25, -0.2) is 23.2 Å². The van der Waals surface area contributed by atoms with Gasteiger partial charge < -0.3 is 20.6 Å². The summed E-state index contributed by atoms with van der Waals surface area (Å²) in [6.45, 7) is 7.39. The van der Waals surface area contributed by atoms with Crippen LogP contribution in [0.4, 0.5) is 10.5 Å². The number of sulfone groups is 1. The Kier molecular flexibility index (Phi) is 6.45. The molecule has 2 amide bonds. The van der Waals surface area contributed by atoms with Crippen LogP contribution in [0.3, 0.4) is 0 Å². The first-order valence-corrected chi connectivity index (χ1v) is 12.3. The van der Waals surface area contributed by atoms with Crippen molar-refractivity contribution in [1.82, 2.24) is 20.6 Å². The van der Waals surface area contributed by atoms with Gasteiger partial charge in [0.15, 0.2) is 0 Å². The van der Waals surface area contributed by atoms with Gasteiger partial charge >= 0.3 is 6.09 Å². The zero-order chi connectivity index (χ0) is 23.0. The van der Waals surface area contributed by atoms with E-state index >= 15 is 0 Å². The second kappa shape index (κ2) is 8.60.